The smallest absolute Gasteiger partial charge is 0.324 e. The summed E-state index contributed by atoms with van der Waals surface area (Å²) in [5.41, 5.74) is -0.467. The van der Waals surface area contributed by atoms with Crippen LogP contribution in [-0.4, -0.2) is 38.1 Å². The number of hydrogen-bond donors (Lipinski definition) is 1. The number of benzene rings is 2. The van der Waals surface area contributed by atoms with E-state index in [0.717, 1.165) is 6.07 Å². The van der Waals surface area contributed by atoms with Crippen molar-refractivity contribution in [3.8, 4) is 5.75 Å². The first-order valence-electron chi connectivity index (χ1n) is 6.89. The van der Waals surface area contributed by atoms with Crippen LogP contribution in [0, 0.1) is 10.1 Å². The van der Waals surface area contributed by atoms with Crippen molar-refractivity contribution in [3.05, 3.63) is 58.6 Å². The molecule has 2 aromatic rings. The molecular formula is C15H14N2O7S. The normalized spacial score (nSPS) is 10.9. The van der Waals surface area contributed by atoms with Gasteiger partial charge in [0.2, 0.25) is 0 Å². The number of nitro groups is 1. The lowest BCUT2D eigenvalue weighted by Crippen LogP contribution is -2.35. The number of nitro benzene ring substituents is 1. The van der Waals surface area contributed by atoms with E-state index in [1.807, 2.05) is 0 Å². The minimum absolute atomic E-state index is 0.118. The van der Waals surface area contributed by atoms with Gasteiger partial charge in [0, 0.05) is 12.1 Å². The molecule has 0 spiro atoms. The fourth-order valence-corrected chi connectivity index (χ4v) is 3.48. The predicted octanol–water partition coefficient (Wildman–Crippen LogP) is 1.88. The van der Waals surface area contributed by atoms with Crippen LogP contribution in [-0.2, 0) is 14.8 Å². The maximum Gasteiger partial charge on any atom is 0.324 e. The highest BCUT2D eigenvalue weighted by Crippen LogP contribution is 2.27. The molecule has 0 aliphatic carbocycles. The summed E-state index contributed by atoms with van der Waals surface area (Å²) in [6.07, 6.45) is 0. The van der Waals surface area contributed by atoms with Gasteiger partial charge in [0.1, 0.15) is 12.3 Å². The van der Waals surface area contributed by atoms with Gasteiger partial charge in [-0.3, -0.25) is 19.2 Å². The molecule has 132 valence electrons. The highest BCUT2D eigenvalue weighted by atomic mass is 32.2. The molecule has 0 heterocycles. The van der Waals surface area contributed by atoms with Crippen molar-refractivity contribution in [2.75, 3.05) is 18.0 Å². The summed E-state index contributed by atoms with van der Waals surface area (Å²) in [5.74, 6) is -0.970. The fraction of sp³-hybridized carbons (Fsp3) is 0.133. The topological polar surface area (TPSA) is 127 Å². The molecule has 0 amide bonds. The van der Waals surface area contributed by atoms with Gasteiger partial charge in [-0.2, -0.15) is 0 Å². The molecule has 0 fully saturated rings. The maximum atomic E-state index is 12.8. The molecule has 0 atom stereocenters. The first-order valence-corrected chi connectivity index (χ1v) is 8.33. The summed E-state index contributed by atoms with van der Waals surface area (Å²) in [7, 11) is -2.82. The van der Waals surface area contributed by atoms with Gasteiger partial charge in [-0.1, -0.05) is 6.07 Å². The number of nitrogens with zero attached hydrogens (tertiary/aromatic N) is 2. The average molecular weight is 366 g/mol. The molecule has 9 nitrogen and oxygen atoms in total. The van der Waals surface area contributed by atoms with Crippen LogP contribution >= 0.6 is 0 Å². The Hall–Kier alpha value is -3.14. The van der Waals surface area contributed by atoms with Crippen LogP contribution in [0.4, 0.5) is 11.4 Å². The molecule has 0 radical (unpaired) electrons. The monoisotopic (exact) mass is 366 g/mol. The standard InChI is InChI=1S/C15H14N2O7S/c1-24-13-5-7-14(8-6-13)25(22,23)16(10-15(18)19)11-3-2-4-12(9-11)17(20)21/h2-9H,10H2,1H3,(H,18,19). The number of sulfonamides is 1. The SMILES string of the molecule is COc1ccc(S(=O)(=O)N(CC(=O)O)c2cccc([N+](=O)[O-])c2)cc1. The molecule has 0 aliphatic rings. The van der Waals surface area contributed by atoms with Gasteiger partial charge < -0.3 is 9.84 Å². The molecule has 25 heavy (non-hydrogen) atoms. The molecule has 10 heteroatoms. The van der Waals surface area contributed by atoms with Crippen molar-refractivity contribution in [3.63, 3.8) is 0 Å². The third kappa shape index (κ3) is 4.04. The molecule has 1 N–H and O–H groups in total. The Morgan fingerprint density at radius 1 is 1.24 bits per heavy atom. The number of non-ortho nitro benzene ring substituents is 1. The number of aliphatic carboxylic acids is 1. The third-order valence-electron chi connectivity index (χ3n) is 3.25. The van der Waals surface area contributed by atoms with E-state index < -0.39 is 27.5 Å². The summed E-state index contributed by atoms with van der Waals surface area (Å²) in [6.45, 7) is -0.879. The second-order valence-electron chi connectivity index (χ2n) is 4.86. The summed E-state index contributed by atoms with van der Waals surface area (Å²) >= 11 is 0. The van der Waals surface area contributed by atoms with Crippen molar-refractivity contribution >= 4 is 27.4 Å². The van der Waals surface area contributed by atoms with Gasteiger partial charge in [0.05, 0.1) is 22.6 Å². The number of anilines is 1. The van der Waals surface area contributed by atoms with Crippen molar-refractivity contribution < 1.29 is 28.0 Å². The number of carboxylic acid groups (broad SMARTS) is 1. The zero-order valence-electron chi connectivity index (χ0n) is 13.0. The summed E-state index contributed by atoms with van der Waals surface area (Å²) in [6, 6.07) is 10.1. The van der Waals surface area contributed by atoms with Crippen molar-refractivity contribution in [1.29, 1.82) is 0 Å². The van der Waals surface area contributed by atoms with Crippen LogP contribution in [0.15, 0.2) is 53.4 Å². The third-order valence-corrected chi connectivity index (χ3v) is 5.04. The summed E-state index contributed by atoms with van der Waals surface area (Å²) in [4.78, 5) is 21.2. The molecular weight excluding hydrogens is 352 g/mol. The van der Waals surface area contributed by atoms with E-state index in [4.69, 9.17) is 9.84 Å². The van der Waals surface area contributed by atoms with Crippen molar-refractivity contribution in [2.24, 2.45) is 0 Å². The fourth-order valence-electron chi connectivity index (χ4n) is 2.07. The average Bonchev–Trinajstić information content (AvgIpc) is 2.59. The Bertz CT molecular complexity index is 894. The Kier molecular flexibility index (Phi) is 5.22. The number of rotatable bonds is 7. The molecule has 0 aromatic heterocycles. The van der Waals surface area contributed by atoms with E-state index in [-0.39, 0.29) is 16.3 Å². The zero-order valence-corrected chi connectivity index (χ0v) is 13.8. The Morgan fingerprint density at radius 2 is 1.88 bits per heavy atom. The molecule has 2 rings (SSSR count). The molecule has 0 saturated carbocycles. The van der Waals surface area contributed by atoms with E-state index in [2.05, 4.69) is 0 Å². The molecule has 2 aromatic carbocycles. The van der Waals surface area contributed by atoms with Crippen LogP contribution in [0.5, 0.6) is 5.75 Å². The molecule has 0 aliphatic heterocycles. The number of carboxylic acids is 1. The number of methoxy groups -OCH3 is 1. The van der Waals surface area contributed by atoms with Gasteiger partial charge >= 0.3 is 5.97 Å². The zero-order chi connectivity index (χ0) is 18.6. The lowest BCUT2D eigenvalue weighted by atomic mass is 10.3. The van der Waals surface area contributed by atoms with Gasteiger partial charge in [-0.25, -0.2) is 8.42 Å². The van der Waals surface area contributed by atoms with E-state index in [9.17, 15) is 23.3 Å². The number of hydrogen-bond acceptors (Lipinski definition) is 6. The van der Waals surface area contributed by atoms with Gasteiger partial charge in [-0.05, 0) is 30.3 Å². The largest absolute Gasteiger partial charge is 0.497 e. The molecule has 0 unspecified atom stereocenters. The van der Waals surface area contributed by atoms with Gasteiger partial charge in [0.15, 0.2) is 0 Å². The van der Waals surface area contributed by atoms with Crippen molar-refractivity contribution in [2.45, 2.75) is 4.90 Å². The van der Waals surface area contributed by atoms with Crippen LogP contribution in [0.3, 0.4) is 0 Å². The van der Waals surface area contributed by atoms with Crippen LogP contribution in [0.2, 0.25) is 0 Å². The predicted molar refractivity (Wildman–Crippen MR) is 88.3 cm³/mol. The van der Waals surface area contributed by atoms with Gasteiger partial charge in [-0.15, -0.1) is 0 Å². The minimum atomic E-state index is -4.24. The van der Waals surface area contributed by atoms with Crippen LogP contribution < -0.4 is 9.04 Å². The minimum Gasteiger partial charge on any atom is -0.497 e. The van der Waals surface area contributed by atoms with Crippen LogP contribution in [0.1, 0.15) is 0 Å². The quantitative estimate of drug-likeness (QED) is 0.585. The first-order chi connectivity index (χ1) is 11.8. The Balaban J connectivity index is 2.53. The lowest BCUT2D eigenvalue weighted by molar-refractivity contribution is -0.384. The highest BCUT2D eigenvalue weighted by molar-refractivity contribution is 7.92. The number of carbonyl (C=O) groups is 1. The van der Waals surface area contributed by atoms with E-state index >= 15 is 0 Å². The number of ether oxygens (including phenoxy) is 1. The highest BCUT2D eigenvalue weighted by Gasteiger charge is 2.28. The molecule has 0 bridgehead atoms. The maximum absolute atomic E-state index is 12.8. The van der Waals surface area contributed by atoms with Crippen LogP contribution in [0.25, 0.3) is 0 Å². The van der Waals surface area contributed by atoms with Gasteiger partial charge in [0.25, 0.3) is 15.7 Å². The van der Waals surface area contributed by atoms with E-state index in [1.165, 1.54) is 49.6 Å². The Labute approximate surface area is 143 Å². The summed E-state index contributed by atoms with van der Waals surface area (Å²) in [5, 5.41) is 20.0. The van der Waals surface area contributed by atoms with E-state index in [1.54, 1.807) is 0 Å². The Morgan fingerprint density at radius 3 is 2.40 bits per heavy atom. The second-order valence-corrected chi connectivity index (χ2v) is 6.72. The van der Waals surface area contributed by atoms with Crippen molar-refractivity contribution in [1.82, 2.24) is 0 Å². The summed E-state index contributed by atoms with van der Waals surface area (Å²) < 4.78 is 31.2. The lowest BCUT2D eigenvalue weighted by Gasteiger charge is -2.22. The second kappa shape index (κ2) is 7.18. The first kappa shape index (κ1) is 18.2. The van der Waals surface area contributed by atoms with E-state index in [0.29, 0.717) is 10.1 Å². The molecule has 0 saturated heterocycles.